The number of hydrogen-bond acceptors (Lipinski definition) is 3. The Morgan fingerprint density at radius 3 is 2.89 bits per heavy atom. The molecule has 1 aliphatic heterocycles. The van der Waals surface area contributed by atoms with Crippen molar-refractivity contribution in [1.82, 2.24) is 4.98 Å². The van der Waals surface area contributed by atoms with Gasteiger partial charge >= 0.3 is 0 Å². The number of carbonyl (C=O) groups is 1. The van der Waals surface area contributed by atoms with Crippen molar-refractivity contribution in [3.05, 3.63) is 24.0 Å². The van der Waals surface area contributed by atoms with Gasteiger partial charge in [0.15, 0.2) is 0 Å². The number of hydrogen-bond donors (Lipinski definition) is 1. The van der Waals surface area contributed by atoms with Crippen molar-refractivity contribution >= 4 is 11.6 Å². The summed E-state index contributed by atoms with van der Waals surface area (Å²) in [5, 5.41) is 0. The highest BCUT2D eigenvalue weighted by Gasteiger charge is 2.30. The van der Waals surface area contributed by atoms with E-state index in [1.54, 1.807) is 12.4 Å². The summed E-state index contributed by atoms with van der Waals surface area (Å²) in [7, 11) is 0. The number of primary amides is 1. The zero-order valence-electron chi connectivity index (χ0n) is 12.0. The first-order valence-corrected chi connectivity index (χ1v) is 6.89. The maximum atomic E-state index is 11.5. The van der Waals surface area contributed by atoms with Crippen LogP contribution < -0.4 is 10.6 Å². The Kier molecular flexibility index (Phi) is 3.78. The monoisotopic (exact) mass is 261 g/mol. The third-order valence-electron chi connectivity index (χ3n) is 3.60. The quantitative estimate of drug-likeness (QED) is 0.909. The number of nitrogens with zero attached hydrogens (tertiary/aromatic N) is 2. The fourth-order valence-electron chi connectivity index (χ4n) is 2.90. The maximum Gasteiger partial charge on any atom is 0.252 e. The molecule has 0 radical (unpaired) electrons. The van der Waals surface area contributed by atoms with Gasteiger partial charge in [-0.3, -0.25) is 9.78 Å². The average Bonchev–Trinajstić information content (AvgIpc) is 2.74. The highest BCUT2D eigenvalue weighted by molar-refractivity contribution is 5.98. The molecule has 1 saturated heterocycles. The van der Waals surface area contributed by atoms with Gasteiger partial charge < -0.3 is 10.6 Å². The lowest BCUT2D eigenvalue weighted by atomic mass is 9.87. The van der Waals surface area contributed by atoms with E-state index in [4.69, 9.17) is 5.73 Å². The van der Waals surface area contributed by atoms with Crippen LogP contribution in [-0.4, -0.2) is 23.5 Å². The van der Waals surface area contributed by atoms with Crippen LogP contribution in [0.1, 0.15) is 50.4 Å². The minimum atomic E-state index is -0.399. The van der Waals surface area contributed by atoms with Crippen molar-refractivity contribution in [3.8, 4) is 0 Å². The topological polar surface area (TPSA) is 59.2 Å². The van der Waals surface area contributed by atoms with Gasteiger partial charge in [-0.05, 0) is 30.7 Å². The molecule has 1 fully saturated rings. The van der Waals surface area contributed by atoms with Crippen LogP contribution in [0.2, 0.25) is 0 Å². The Hall–Kier alpha value is -1.58. The molecule has 19 heavy (non-hydrogen) atoms. The second kappa shape index (κ2) is 5.19. The van der Waals surface area contributed by atoms with Crippen LogP contribution in [0.5, 0.6) is 0 Å². The first-order valence-electron chi connectivity index (χ1n) is 6.89. The summed E-state index contributed by atoms with van der Waals surface area (Å²) in [6, 6.07) is 2.39. The summed E-state index contributed by atoms with van der Waals surface area (Å²) in [5.74, 6) is -0.399. The van der Waals surface area contributed by atoms with Gasteiger partial charge in [-0.1, -0.05) is 20.8 Å². The predicted octanol–water partition coefficient (Wildman–Crippen LogP) is 2.59. The molecule has 1 aromatic heterocycles. The normalized spacial score (nSPS) is 19.7. The van der Waals surface area contributed by atoms with Gasteiger partial charge in [0.25, 0.3) is 5.91 Å². The Morgan fingerprint density at radius 2 is 2.26 bits per heavy atom. The first-order chi connectivity index (χ1) is 8.88. The Bertz CT molecular complexity index is 465. The van der Waals surface area contributed by atoms with E-state index in [1.165, 1.54) is 12.8 Å². The minimum absolute atomic E-state index is 0.285. The molecule has 1 amide bonds. The fourth-order valence-corrected chi connectivity index (χ4v) is 2.90. The molecule has 1 atom stereocenters. The van der Waals surface area contributed by atoms with Crippen LogP contribution in [0.25, 0.3) is 0 Å². The third kappa shape index (κ3) is 3.25. The number of nitrogens with two attached hydrogens (primary N) is 1. The summed E-state index contributed by atoms with van der Waals surface area (Å²) in [4.78, 5) is 17.9. The third-order valence-corrected chi connectivity index (χ3v) is 3.60. The van der Waals surface area contributed by atoms with Gasteiger partial charge in [0.05, 0.1) is 11.3 Å². The van der Waals surface area contributed by atoms with E-state index in [0.717, 1.165) is 18.7 Å². The molecule has 1 aliphatic rings. The van der Waals surface area contributed by atoms with Crippen LogP contribution in [0, 0.1) is 5.41 Å². The molecule has 2 heterocycles. The van der Waals surface area contributed by atoms with Gasteiger partial charge in [0, 0.05) is 25.0 Å². The second-order valence-electron chi connectivity index (χ2n) is 6.51. The molecular weight excluding hydrogens is 238 g/mol. The molecule has 0 aliphatic carbocycles. The standard InChI is InChI=1S/C15H23N3O/c1-15(2,3)9-11-5-4-8-18(11)13-6-7-17-10-12(13)14(16)19/h6-7,10-11H,4-5,8-9H2,1-3H3,(H2,16,19)/t11-/m1/s1. The number of carbonyl (C=O) groups excluding carboxylic acids is 1. The highest BCUT2D eigenvalue weighted by atomic mass is 16.1. The lowest BCUT2D eigenvalue weighted by molar-refractivity contribution is 0.100. The molecular formula is C15H23N3O. The number of pyridine rings is 1. The Labute approximate surface area is 115 Å². The Balaban J connectivity index is 2.28. The SMILES string of the molecule is CC(C)(C)C[C@H]1CCCN1c1ccncc1C(N)=O. The number of rotatable bonds is 3. The highest BCUT2D eigenvalue weighted by Crippen LogP contribution is 2.34. The summed E-state index contributed by atoms with van der Waals surface area (Å²) < 4.78 is 0. The van der Waals surface area contributed by atoms with E-state index < -0.39 is 5.91 Å². The molecule has 0 bridgehead atoms. The molecule has 4 nitrogen and oxygen atoms in total. The smallest absolute Gasteiger partial charge is 0.252 e. The molecule has 0 aromatic carbocycles. The molecule has 4 heteroatoms. The van der Waals surface area contributed by atoms with E-state index in [1.807, 2.05) is 6.07 Å². The van der Waals surface area contributed by atoms with Crippen molar-refractivity contribution in [1.29, 1.82) is 0 Å². The number of anilines is 1. The molecule has 1 aromatic rings. The van der Waals surface area contributed by atoms with Crippen LogP contribution >= 0.6 is 0 Å². The fraction of sp³-hybridized carbons (Fsp3) is 0.600. The van der Waals surface area contributed by atoms with Gasteiger partial charge in [-0.25, -0.2) is 0 Å². The van der Waals surface area contributed by atoms with Gasteiger partial charge in [0.1, 0.15) is 0 Å². The zero-order chi connectivity index (χ0) is 14.0. The lowest BCUT2D eigenvalue weighted by Gasteiger charge is -2.32. The van der Waals surface area contributed by atoms with E-state index >= 15 is 0 Å². The van der Waals surface area contributed by atoms with Crippen molar-refractivity contribution in [3.63, 3.8) is 0 Å². The first kappa shape index (κ1) is 13.8. The van der Waals surface area contributed by atoms with Crippen molar-refractivity contribution in [2.45, 2.75) is 46.1 Å². The molecule has 0 saturated carbocycles. The minimum Gasteiger partial charge on any atom is -0.368 e. The molecule has 2 rings (SSSR count). The largest absolute Gasteiger partial charge is 0.368 e. The van der Waals surface area contributed by atoms with Crippen LogP contribution in [0.15, 0.2) is 18.5 Å². The number of aromatic nitrogens is 1. The summed E-state index contributed by atoms with van der Waals surface area (Å²) in [5.41, 5.74) is 7.20. The maximum absolute atomic E-state index is 11.5. The summed E-state index contributed by atoms with van der Waals surface area (Å²) in [6.07, 6.45) is 6.77. The van der Waals surface area contributed by atoms with E-state index in [-0.39, 0.29) is 5.41 Å². The molecule has 0 unspecified atom stereocenters. The van der Waals surface area contributed by atoms with Gasteiger partial charge in [0.2, 0.25) is 0 Å². The van der Waals surface area contributed by atoms with Crippen LogP contribution in [-0.2, 0) is 0 Å². The van der Waals surface area contributed by atoms with Crippen molar-refractivity contribution < 1.29 is 4.79 Å². The van der Waals surface area contributed by atoms with Crippen molar-refractivity contribution in [2.24, 2.45) is 11.1 Å². The zero-order valence-corrected chi connectivity index (χ0v) is 12.0. The average molecular weight is 261 g/mol. The molecule has 0 spiro atoms. The second-order valence-corrected chi connectivity index (χ2v) is 6.51. The van der Waals surface area contributed by atoms with Gasteiger partial charge in [-0.15, -0.1) is 0 Å². The molecule has 2 N–H and O–H groups in total. The van der Waals surface area contributed by atoms with Crippen LogP contribution in [0.4, 0.5) is 5.69 Å². The van der Waals surface area contributed by atoms with Gasteiger partial charge in [-0.2, -0.15) is 0 Å². The predicted molar refractivity (Wildman–Crippen MR) is 77.2 cm³/mol. The van der Waals surface area contributed by atoms with E-state index in [0.29, 0.717) is 11.6 Å². The summed E-state index contributed by atoms with van der Waals surface area (Å²) >= 11 is 0. The number of amides is 1. The lowest BCUT2D eigenvalue weighted by Crippen LogP contribution is -2.34. The van der Waals surface area contributed by atoms with E-state index in [2.05, 4.69) is 30.7 Å². The van der Waals surface area contributed by atoms with Crippen LogP contribution in [0.3, 0.4) is 0 Å². The van der Waals surface area contributed by atoms with Crippen molar-refractivity contribution in [2.75, 3.05) is 11.4 Å². The summed E-state index contributed by atoms with van der Waals surface area (Å²) in [6.45, 7) is 7.76. The van der Waals surface area contributed by atoms with E-state index in [9.17, 15) is 4.79 Å². The Morgan fingerprint density at radius 1 is 1.53 bits per heavy atom. The molecule has 104 valence electrons.